The molecule has 0 saturated heterocycles. The molecule has 0 amide bonds. The molecule has 0 saturated carbocycles. The van der Waals surface area contributed by atoms with Gasteiger partial charge in [-0.1, -0.05) is 46.4 Å². The lowest BCUT2D eigenvalue weighted by Gasteiger charge is -2.06. The van der Waals surface area contributed by atoms with Crippen molar-refractivity contribution in [1.29, 1.82) is 0 Å². The van der Waals surface area contributed by atoms with Crippen LogP contribution < -0.4 is 0 Å². The van der Waals surface area contributed by atoms with Crippen molar-refractivity contribution in [3.63, 3.8) is 0 Å². The molecule has 0 aliphatic heterocycles. The highest BCUT2D eigenvalue weighted by Crippen LogP contribution is 2.22. The van der Waals surface area contributed by atoms with Crippen LogP contribution in [0, 0.1) is 0 Å². The summed E-state index contributed by atoms with van der Waals surface area (Å²) < 4.78 is 4.52. The summed E-state index contributed by atoms with van der Waals surface area (Å²) in [6.45, 7) is 0. The SMILES string of the molecule is O=C(OC(Cl)Cl)c1cc(Cl)ccc1Cl. The molecule has 6 heteroatoms. The standard InChI is InChI=1S/C8H4Cl4O2/c9-4-1-2-6(10)5(3-4)7(13)14-8(11)12/h1-3,8H. The highest BCUT2D eigenvalue weighted by atomic mass is 35.5. The second-order valence-electron chi connectivity index (χ2n) is 2.29. The second-order valence-corrected chi connectivity index (χ2v) is 4.15. The minimum atomic E-state index is -1.22. The van der Waals surface area contributed by atoms with Gasteiger partial charge in [0, 0.05) is 5.02 Å². The number of halogens is 4. The maximum atomic E-state index is 11.3. The van der Waals surface area contributed by atoms with Gasteiger partial charge in [-0.2, -0.15) is 0 Å². The molecule has 14 heavy (non-hydrogen) atoms. The van der Waals surface area contributed by atoms with Gasteiger partial charge in [-0.25, -0.2) is 4.79 Å². The Bertz CT molecular complexity index is 351. The predicted molar refractivity (Wildman–Crippen MR) is 57.4 cm³/mol. The summed E-state index contributed by atoms with van der Waals surface area (Å²) in [5, 5.41) is -0.618. The van der Waals surface area contributed by atoms with E-state index in [4.69, 9.17) is 46.4 Å². The number of alkyl halides is 2. The van der Waals surface area contributed by atoms with Crippen LogP contribution in [0.5, 0.6) is 0 Å². The van der Waals surface area contributed by atoms with Crippen molar-refractivity contribution in [3.05, 3.63) is 33.8 Å². The Morgan fingerprint density at radius 2 is 1.93 bits per heavy atom. The molecule has 0 aliphatic rings. The zero-order chi connectivity index (χ0) is 10.7. The molecule has 2 nitrogen and oxygen atoms in total. The number of carbonyl (C=O) groups is 1. The van der Waals surface area contributed by atoms with Crippen LogP contribution in [0.25, 0.3) is 0 Å². The largest absolute Gasteiger partial charge is 0.428 e. The number of rotatable bonds is 2. The summed E-state index contributed by atoms with van der Waals surface area (Å²) in [6.07, 6.45) is 0. The molecule has 0 aliphatic carbocycles. The van der Waals surface area contributed by atoms with E-state index in [0.717, 1.165) is 0 Å². The number of carbonyl (C=O) groups excluding carboxylic acids is 1. The van der Waals surface area contributed by atoms with Crippen molar-refractivity contribution >= 4 is 52.4 Å². The van der Waals surface area contributed by atoms with Crippen LogP contribution in [0.2, 0.25) is 10.0 Å². The fraction of sp³-hybridized carbons (Fsp3) is 0.125. The number of ether oxygens (including phenoxy) is 1. The van der Waals surface area contributed by atoms with E-state index in [9.17, 15) is 4.79 Å². The highest BCUT2D eigenvalue weighted by Gasteiger charge is 2.15. The van der Waals surface area contributed by atoms with Crippen molar-refractivity contribution in [2.75, 3.05) is 0 Å². The van der Waals surface area contributed by atoms with Gasteiger partial charge in [-0.15, -0.1) is 0 Å². The van der Waals surface area contributed by atoms with Gasteiger partial charge in [0.2, 0.25) is 0 Å². The fourth-order valence-electron chi connectivity index (χ4n) is 0.798. The van der Waals surface area contributed by atoms with Crippen molar-refractivity contribution in [1.82, 2.24) is 0 Å². The molecule has 1 aromatic carbocycles. The van der Waals surface area contributed by atoms with Crippen LogP contribution in [-0.4, -0.2) is 11.0 Å². The molecule has 0 N–H and O–H groups in total. The minimum Gasteiger partial charge on any atom is -0.428 e. The first-order valence-corrected chi connectivity index (χ1v) is 5.08. The van der Waals surface area contributed by atoms with Gasteiger partial charge in [0.05, 0.1) is 10.6 Å². The molecule has 0 fully saturated rings. The van der Waals surface area contributed by atoms with E-state index < -0.39 is 11.0 Å². The average molecular weight is 274 g/mol. The van der Waals surface area contributed by atoms with Crippen LogP contribution in [-0.2, 0) is 4.74 Å². The average Bonchev–Trinajstić information content (AvgIpc) is 2.08. The number of hydrogen-bond acceptors (Lipinski definition) is 2. The molecule has 1 rings (SSSR count). The lowest BCUT2D eigenvalue weighted by atomic mass is 10.2. The fourth-order valence-corrected chi connectivity index (χ4v) is 1.33. The van der Waals surface area contributed by atoms with E-state index in [1.54, 1.807) is 6.07 Å². The monoisotopic (exact) mass is 272 g/mol. The van der Waals surface area contributed by atoms with Gasteiger partial charge < -0.3 is 4.74 Å². The quantitative estimate of drug-likeness (QED) is 0.603. The Morgan fingerprint density at radius 3 is 2.50 bits per heavy atom. The molecular formula is C8H4Cl4O2. The first-order chi connectivity index (χ1) is 6.50. The topological polar surface area (TPSA) is 26.3 Å². The van der Waals surface area contributed by atoms with Crippen molar-refractivity contribution in [2.24, 2.45) is 0 Å². The van der Waals surface area contributed by atoms with Gasteiger partial charge >= 0.3 is 5.97 Å². The predicted octanol–water partition coefficient (Wildman–Crippen LogP) is 3.91. The summed E-state index contributed by atoms with van der Waals surface area (Å²) >= 11 is 21.9. The molecule has 76 valence electrons. The summed E-state index contributed by atoms with van der Waals surface area (Å²) in [5.74, 6) is -0.715. The van der Waals surface area contributed by atoms with E-state index >= 15 is 0 Å². The molecule has 0 bridgehead atoms. The van der Waals surface area contributed by atoms with Crippen LogP contribution >= 0.6 is 46.4 Å². The minimum absolute atomic E-state index is 0.130. The van der Waals surface area contributed by atoms with E-state index in [1.165, 1.54) is 12.1 Å². The second kappa shape index (κ2) is 5.08. The zero-order valence-corrected chi connectivity index (χ0v) is 9.66. The van der Waals surface area contributed by atoms with Crippen molar-refractivity contribution in [3.8, 4) is 0 Å². The van der Waals surface area contributed by atoms with Crippen LogP contribution in [0.4, 0.5) is 0 Å². The molecule has 0 aromatic heterocycles. The molecule has 1 aromatic rings. The molecule has 0 spiro atoms. The van der Waals surface area contributed by atoms with Gasteiger partial charge in [-0.05, 0) is 18.2 Å². The van der Waals surface area contributed by atoms with Crippen molar-refractivity contribution < 1.29 is 9.53 Å². The summed E-state index contributed by atoms with van der Waals surface area (Å²) in [5.41, 5.74) is 0.130. The third-order valence-electron chi connectivity index (χ3n) is 1.34. The van der Waals surface area contributed by atoms with Gasteiger partial charge in [0.1, 0.15) is 0 Å². The van der Waals surface area contributed by atoms with Crippen LogP contribution in [0.3, 0.4) is 0 Å². The van der Waals surface area contributed by atoms with Gasteiger partial charge in [0.25, 0.3) is 5.02 Å². The first kappa shape index (κ1) is 11.9. The third kappa shape index (κ3) is 3.21. The third-order valence-corrected chi connectivity index (χ3v) is 2.09. The molecule has 0 radical (unpaired) electrons. The maximum Gasteiger partial charge on any atom is 0.342 e. The normalized spacial score (nSPS) is 10.4. The zero-order valence-electron chi connectivity index (χ0n) is 6.64. The Kier molecular flexibility index (Phi) is 4.32. The van der Waals surface area contributed by atoms with Gasteiger partial charge in [0.15, 0.2) is 0 Å². The lowest BCUT2D eigenvalue weighted by Crippen LogP contribution is -2.08. The van der Waals surface area contributed by atoms with Crippen molar-refractivity contribution in [2.45, 2.75) is 5.02 Å². The summed E-state index contributed by atoms with van der Waals surface area (Å²) in [6, 6.07) is 4.42. The molecule has 0 atom stereocenters. The van der Waals surface area contributed by atoms with E-state index in [2.05, 4.69) is 4.74 Å². The summed E-state index contributed by atoms with van der Waals surface area (Å²) in [4.78, 5) is 11.3. The maximum absolute atomic E-state index is 11.3. The first-order valence-electron chi connectivity index (χ1n) is 3.45. The molecule has 0 heterocycles. The van der Waals surface area contributed by atoms with E-state index in [-0.39, 0.29) is 10.6 Å². The van der Waals surface area contributed by atoms with E-state index in [1.807, 2.05) is 0 Å². The molecule has 0 unspecified atom stereocenters. The lowest BCUT2D eigenvalue weighted by molar-refractivity contribution is 0.0536. The Balaban J connectivity index is 2.94. The van der Waals surface area contributed by atoms with E-state index in [0.29, 0.717) is 5.02 Å². The smallest absolute Gasteiger partial charge is 0.342 e. The number of benzene rings is 1. The Morgan fingerprint density at radius 1 is 1.29 bits per heavy atom. The van der Waals surface area contributed by atoms with Crippen LogP contribution in [0.1, 0.15) is 10.4 Å². The Labute approximate surface area is 101 Å². The van der Waals surface area contributed by atoms with Gasteiger partial charge in [-0.3, -0.25) is 0 Å². The number of esters is 1. The summed E-state index contributed by atoms with van der Waals surface area (Å²) in [7, 11) is 0. The number of hydrogen-bond donors (Lipinski definition) is 0. The van der Waals surface area contributed by atoms with Crippen LogP contribution in [0.15, 0.2) is 18.2 Å². The highest BCUT2D eigenvalue weighted by molar-refractivity contribution is 6.43. The Hall–Kier alpha value is -0.150. The molecular weight excluding hydrogens is 270 g/mol.